The number of nitrogens with one attached hydrogen (secondary N) is 1. The summed E-state index contributed by atoms with van der Waals surface area (Å²) < 4.78 is 16.2. The number of benzene rings is 2. The number of carbonyl (C=O) groups excluding carboxylic acids is 1. The standard InChI is InChI=1S/C21H15FN6OS2/c1-12-5-6-15-16(9-12)31-21(23-15)24-18(29)11-30-19-8-7-17-25-26-20(28(17)27-19)13-3-2-4-14(22)10-13/h2-10H,11H2,1H3,(H,23,24,29). The van der Waals surface area contributed by atoms with Crippen LogP contribution in [-0.2, 0) is 4.79 Å². The summed E-state index contributed by atoms with van der Waals surface area (Å²) in [5.74, 6) is 0.0784. The molecule has 5 rings (SSSR count). The summed E-state index contributed by atoms with van der Waals surface area (Å²) in [5.41, 5.74) is 3.13. The van der Waals surface area contributed by atoms with E-state index in [1.165, 1.54) is 35.2 Å². The van der Waals surface area contributed by atoms with Gasteiger partial charge in [0.1, 0.15) is 10.8 Å². The second kappa shape index (κ2) is 8.05. The highest BCUT2D eigenvalue weighted by Gasteiger charge is 2.13. The lowest BCUT2D eigenvalue weighted by molar-refractivity contribution is -0.113. The predicted molar refractivity (Wildman–Crippen MR) is 120 cm³/mol. The van der Waals surface area contributed by atoms with Gasteiger partial charge in [0.05, 0.1) is 16.0 Å². The third-order valence-electron chi connectivity index (χ3n) is 4.46. The van der Waals surface area contributed by atoms with Crippen molar-refractivity contribution in [1.82, 2.24) is 24.8 Å². The molecule has 5 aromatic rings. The monoisotopic (exact) mass is 450 g/mol. The Bertz CT molecular complexity index is 1430. The molecule has 10 heteroatoms. The number of rotatable bonds is 5. The second-order valence-corrected chi connectivity index (χ2v) is 8.83. The van der Waals surface area contributed by atoms with Crippen LogP contribution in [0.5, 0.6) is 0 Å². The maximum Gasteiger partial charge on any atom is 0.236 e. The van der Waals surface area contributed by atoms with Crippen LogP contribution in [0.2, 0.25) is 0 Å². The quantitative estimate of drug-likeness (QED) is 0.395. The number of anilines is 1. The molecule has 0 saturated carbocycles. The van der Waals surface area contributed by atoms with E-state index in [1.807, 2.05) is 25.1 Å². The predicted octanol–water partition coefficient (Wildman–Crippen LogP) is 4.58. The van der Waals surface area contributed by atoms with Crippen LogP contribution in [0.15, 0.2) is 59.6 Å². The molecule has 2 aromatic carbocycles. The molecule has 3 heterocycles. The molecule has 0 spiro atoms. The van der Waals surface area contributed by atoms with E-state index in [9.17, 15) is 9.18 Å². The summed E-state index contributed by atoms with van der Waals surface area (Å²) in [7, 11) is 0. The van der Waals surface area contributed by atoms with Crippen LogP contribution in [-0.4, -0.2) is 36.5 Å². The third-order valence-corrected chi connectivity index (χ3v) is 6.32. The SMILES string of the molecule is Cc1ccc2nc(NC(=O)CSc3ccc4nnc(-c5cccc(F)c5)n4n3)sc2c1. The Hall–Kier alpha value is -3.37. The summed E-state index contributed by atoms with van der Waals surface area (Å²) in [5, 5.41) is 16.7. The van der Waals surface area contributed by atoms with E-state index >= 15 is 0 Å². The fourth-order valence-corrected chi connectivity index (χ4v) is 4.67. The highest BCUT2D eigenvalue weighted by atomic mass is 32.2. The first-order valence-corrected chi connectivity index (χ1v) is 11.1. The van der Waals surface area contributed by atoms with Crippen molar-refractivity contribution in [2.75, 3.05) is 11.1 Å². The third kappa shape index (κ3) is 4.12. The number of hydrogen-bond acceptors (Lipinski definition) is 7. The summed E-state index contributed by atoms with van der Waals surface area (Å²) >= 11 is 2.73. The van der Waals surface area contributed by atoms with Gasteiger partial charge in [-0.3, -0.25) is 4.79 Å². The van der Waals surface area contributed by atoms with E-state index in [0.717, 1.165) is 15.8 Å². The Morgan fingerprint density at radius 1 is 1.16 bits per heavy atom. The lowest BCUT2D eigenvalue weighted by Gasteiger charge is -2.03. The van der Waals surface area contributed by atoms with Gasteiger partial charge < -0.3 is 5.32 Å². The maximum atomic E-state index is 13.6. The van der Waals surface area contributed by atoms with Crippen molar-refractivity contribution in [1.29, 1.82) is 0 Å². The molecule has 0 radical (unpaired) electrons. The summed E-state index contributed by atoms with van der Waals surface area (Å²) in [6.45, 7) is 2.02. The largest absolute Gasteiger partial charge is 0.301 e. The van der Waals surface area contributed by atoms with Gasteiger partial charge >= 0.3 is 0 Å². The van der Waals surface area contributed by atoms with E-state index in [2.05, 4.69) is 25.6 Å². The Balaban J connectivity index is 1.31. The molecule has 0 atom stereocenters. The summed E-state index contributed by atoms with van der Waals surface area (Å²) in [6.07, 6.45) is 0. The number of halogens is 1. The number of fused-ring (bicyclic) bond motifs is 2. The van der Waals surface area contributed by atoms with E-state index in [-0.39, 0.29) is 17.5 Å². The zero-order chi connectivity index (χ0) is 21.4. The van der Waals surface area contributed by atoms with Crippen LogP contribution in [0.4, 0.5) is 9.52 Å². The van der Waals surface area contributed by atoms with Gasteiger partial charge in [0.2, 0.25) is 5.91 Å². The normalized spacial score (nSPS) is 11.3. The highest BCUT2D eigenvalue weighted by Crippen LogP contribution is 2.27. The van der Waals surface area contributed by atoms with Crippen LogP contribution in [0.1, 0.15) is 5.56 Å². The number of aryl methyl sites for hydroxylation is 1. The number of nitrogens with zero attached hydrogens (tertiary/aromatic N) is 5. The smallest absolute Gasteiger partial charge is 0.236 e. The molecule has 0 bridgehead atoms. The van der Waals surface area contributed by atoms with Gasteiger partial charge in [-0.15, -0.1) is 10.2 Å². The maximum absolute atomic E-state index is 13.6. The van der Waals surface area contributed by atoms with Gasteiger partial charge in [-0.2, -0.15) is 9.61 Å². The van der Waals surface area contributed by atoms with Gasteiger partial charge in [0.15, 0.2) is 16.6 Å². The summed E-state index contributed by atoms with van der Waals surface area (Å²) in [6, 6.07) is 15.6. The molecule has 0 aliphatic rings. The second-order valence-electron chi connectivity index (χ2n) is 6.80. The topological polar surface area (TPSA) is 85.1 Å². The zero-order valence-electron chi connectivity index (χ0n) is 16.2. The Kier molecular flexibility index (Phi) is 5.08. The van der Waals surface area contributed by atoms with Crippen molar-refractivity contribution >= 4 is 50.0 Å². The molecule has 0 aliphatic heterocycles. The molecule has 31 heavy (non-hydrogen) atoms. The van der Waals surface area contributed by atoms with Gasteiger partial charge in [-0.1, -0.05) is 41.3 Å². The van der Waals surface area contributed by atoms with E-state index < -0.39 is 0 Å². The van der Waals surface area contributed by atoms with E-state index in [1.54, 1.807) is 28.8 Å². The highest BCUT2D eigenvalue weighted by molar-refractivity contribution is 7.99. The minimum absolute atomic E-state index is 0.170. The Labute approximate surface area is 184 Å². The zero-order valence-corrected chi connectivity index (χ0v) is 17.9. The first-order valence-electron chi connectivity index (χ1n) is 9.33. The number of thiazole rings is 1. The van der Waals surface area contributed by atoms with Crippen molar-refractivity contribution in [2.24, 2.45) is 0 Å². The lowest BCUT2D eigenvalue weighted by atomic mass is 10.2. The number of hydrogen-bond donors (Lipinski definition) is 1. The van der Waals surface area contributed by atoms with Gasteiger partial charge in [0, 0.05) is 5.56 Å². The van der Waals surface area contributed by atoms with Crippen LogP contribution < -0.4 is 5.32 Å². The number of carbonyl (C=O) groups is 1. The van der Waals surface area contributed by atoms with Crippen LogP contribution >= 0.6 is 23.1 Å². The minimum Gasteiger partial charge on any atom is -0.301 e. The molecule has 154 valence electrons. The Morgan fingerprint density at radius 2 is 2.06 bits per heavy atom. The molecule has 0 saturated heterocycles. The average molecular weight is 451 g/mol. The molecular formula is C21H15FN6OS2. The summed E-state index contributed by atoms with van der Waals surface area (Å²) in [4.78, 5) is 16.8. The van der Waals surface area contributed by atoms with Gasteiger partial charge in [0.25, 0.3) is 0 Å². The van der Waals surface area contributed by atoms with Crippen molar-refractivity contribution in [3.8, 4) is 11.4 Å². The van der Waals surface area contributed by atoms with Gasteiger partial charge in [-0.05, 0) is 48.9 Å². The average Bonchev–Trinajstić information content (AvgIpc) is 3.35. The fraction of sp³-hybridized carbons (Fsp3) is 0.0952. The van der Waals surface area contributed by atoms with E-state index in [4.69, 9.17) is 0 Å². The van der Waals surface area contributed by atoms with Crippen LogP contribution in [0.3, 0.4) is 0 Å². The first-order chi connectivity index (χ1) is 15.0. The van der Waals surface area contributed by atoms with E-state index in [0.29, 0.717) is 27.2 Å². The molecule has 0 aliphatic carbocycles. The molecule has 3 aromatic heterocycles. The molecular weight excluding hydrogens is 435 g/mol. The van der Waals surface area contributed by atoms with Gasteiger partial charge in [-0.25, -0.2) is 9.37 Å². The molecule has 7 nitrogen and oxygen atoms in total. The van der Waals surface area contributed by atoms with Crippen molar-refractivity contribution in [2.45, 2.75) is 11.9 Å². The molecule has 1 N–H and O–H groups in total. The lowest BCUT2D eigenvalue weighted by Crippen LogP contribution is -2.14. The van der Waals surface area contributed by atoms with Crippen molar-refractivity contribution < 1.29 is 9.18 Å². The number of aromatic nitrogens is 5. The number of thioether (sulfide) groups is 1. The fourth-order valence-electron chi connectivity index (χ4n) is 3.04. The molecule has 1 amide bonds. The van der Waals surface area contributed by atoms with Crippen molar-refractivity contribution in [3.05, 3.63) is 66.0 Å². The minimum atomic E-state index is -0.360. The Morgan fingerprint density at radius 3 is 2.94 bits per heavy atom. The first kappa shape index (κ1) is 19.6. The molecule has 0 unspecified atom stereocenters. The van der Waals surface area contributed by atoms with Crippen molar-refractivity contribution in [3.63, 3.8) is 0 Å². The number of amides is 1. The molecule has 0 fully saturated rings. The van der Waals surface area contributed by atoms with Crippen LogP contribution in [0, 0.1) is 12.7 Å². The van der Waals surface area contributed by atoms with Crippen LogP contribution in [0.25, 0.3) is 27.3 Å².